The molecule has 2 aromatic rings. The van der Waals surface area contributed by atoms with Gasteiger partial charge < -0.3 is 9.84 Å². The summed E-state index contributed by atoms with van der Waals surface area (Å²) < 4.78 is 5.60. The Morgan fingerprint density at radius 3 is 2.78 bits per heavy atom. The third-order valence-electron chi connectivity index (χ3n) is 3.83. The minimum Gasteiger partial charge on any atom is -0.493 e. The molecule has 0 atom stereocenters. The van der Waals surface area contributed by atoms with Gasteiger partial charge in [-0.15, -0.1) is 0 Å². The van der Waals surface area contributed by atoms with Crippen LogP contribution in [0.2, 0.25) is 0 Å². The van der Waals surface area contributed by atoms with Crippen molar-refractivity contribution in [3.05, 3.63) is 64.6 Å². The summed E-state index contributed by atoms with van der Waals surface area (Å²) in [6, 6.07) is 13.8. The molecule has 3 rings (SSSR count). The standard InChI is InChI=1S/C20H18N2O4S/c1-3-26-16-10-5-4-7-13(16)12-17-18(23)22(2)20(27-17)21-15-9-6-8-14(11-15)19(24)25/h4-12H,3H2,1-2H3,(H,24,25)/b17-12+,21-20?. The van der Waals surface area contributed by atoms with Crippen LogP contribution in [0, 0.1) is 0 Å². The van der Waals surface area contributed by atoms with Crippen LogP contribution in [0.25, 0.3) is 6.08 Å². The quantitative estimate of drug-likeness (QED) is 0.790. The molecular formula is C20H18N2O4S. The second-order valence-corrected chi connectivity index (χ2v) is 6.70. The lowest BCUT2D eigenvalue weighted by molar-refractivity contribution is -0.121. The van der Waals surface area contributed by atoms with Gasteiger partial charge in [0.25, 0.3) is 5.91 Å². The van der Waals surface area contributed by atoms with E-state index < -0.39 is 5.97 Å². The van der Waals surface area contributed by atoms with Gasteiger partial charge in [0.05, 0.1) is 22.8 Å². The first kappa shape index (κ1) is 18.7. The maximum atomic E-state index is 12.6. The molecule has 27 heavy (non-hydrogen) atoms. The lowest BCUT2D eigenvalue weighted by Gasteiger charge is -2.07. The van der Waals surface area contributed by atoms with Crippen molar-refractivity contribution in [1.29, 1.82) is 0 Å². The zero-order valence-corrected chi connectivity index (χ0v) is 15.7. The van der Waals surface area contributed by atoms with Gasteiger partial charge >= 0.3 is 5.97 Å². The Balaban J connectivity index is 1.91. The zero-order valence-electron chi connectivity index (χ0n) is 14.9. The number of aromatic carboxylic acids is 1. The molecule has 1 amide bonds. The number of benzene rings is 2. The van der Waals surface area contributed by atoms with Gasteiger partial charge in [-0.1, -0.05) is 24.3 Å². The lowest BCUT2D eigenvalue weighted by Crippen LogP contribution is -2.23. The number of rotatable bonds is 5. The van der Waals surface area contributed by atoms with Gasteiger partial charge in [0.2, 0.25) is 0 Å². The van der Waals surface area contributed by atoms with Crippen molar-refractivity contribution in [3.8, 4) is 5.75 Å². The molecule has 0 bridgehead atoms. The van der Waals surface area contributed by atoms with E-state index in [0.29, 0.717) is 28.1 Å². The van der Waals surface area contributed by atoms with E-state index in [4.69, 9.17) is 9.84 Å². The van der Waals surface area contributed by atoms with Gasteiger partial charge in [-0.05, 0) is 49.0 Å². The summed E-state index contributed by atoms with van der Waals surface area (Å²) >= 11 is 1.24. The molecule has 0 aromatic heterocycles. The van der Waals surface area contributed by atoms with Gasteiger partial charge in [-0.2, -0.15) is 0 Å². The van der Waals surface area contributed by atoms with Gasteiger partial charge in [0.15, 0.2) is 5.17 Å². The molecule has 0 radical (unpaired) electrons. The van der Waals surface area contributed by atoms with Crippen LogP contribution in [0.4, 0.5) is 5.69 Å². The van der Waals surface area contributed by atoms with E-state index in [1.165, 1.54) is 28.8 Å². The second kappa shape index (κ2) is 8.09. The Hall–Kier alpha value is -3.06. The lowest BCUT2D eigenvalue weighted by atomic mass is 10.2. The number of carbonyl (C=O) groups is 2. The predicted molar refractivity (Wildman–Crippen MR) is 106 cm³/mol. The summed E-state index contributed by atoms with van der Waals surface area (Å²) in [5, 5.41) is 9.59. The summed E-state index contributed by atoms with van der Waals surface area (Å²) in [5.41, 5.74) is 1.45. The molecule has 1 aliphatic rings. The number of para-hydroxylation sites is 1. The SMILES string of the molecule is CCOc1ccccc1/C=C1/SC(=Nc2cccc(C(=O)O)c2)N(C)C1=O. The van der Waals surface area contributed by atoms with Gasteiger partial charge in [-0.25, -0.2) is 9.79 Å². The summed E-state index contributed by atoms with van der Waals surface area (Å²) in [4.78, 5) is 30.1. The van der Waals surface area contributed by atoms with Crippen LogP contribution in [0.3, 0.4) is 0 Å². The third-order valence-corrected chi connectivity index (χ3v) is 4.89. The van der Waals surface area contributed by atoms with Crippen molar-refractivity contribution in [2.24, 2.45) is 4.99 Å². The Labute approximate surface area is 161 Å². The number of aliphatic imine (C=N–C) groups is 1. The van der Waals surface area contributed by atoms with Crippen molar-refractivity contribution in [3.63, 3.8) is 0 Å². The average Bonchev–Trinajstić information content (AvgIpc) is 2.92. The zero-order chi connectivity index (χ0) is 19.4. The maximum Gasteiger partial charge on any atom is 0.335 e. The summed E-state index contributed by atoms with van der Waals surface area (Å²) in [5.74, 6) is -0.476. The Bertz CT molecular complexity index is 953. The average molecular weight is 382 g/mol. The molecule has 0 unspecified atom stereocenters. The molecule has 1 saturated heterocycles. The number of likely N-dealkylation sites (N-methyl/N-ethyl adjacent to an activating group) is 1. The number of ether oxygens (including phenoxy) is 1. The summed E-state index contributed by atoms with van der Waals surface area (Å²) in [6.07, 6.45) is 1.78. The molecule has 138 valence electrons. The number of carbonyl (C=O) groups excluding carboxylic acids is 1. The van der Waals surface area contributed by atoms with E-state index in [1.54, 1.807) is 25.3 Å². The topological polar surface area (TPSA) is 79.2 Å². The number of amidine groups is 1. The van der Waals surface area contributed by atoms with E-state index in [-0.39, 0.29) is 11.5 Å². The molecule has 0 aliphatic carbocycles. The normalized spacial score (nSPS) is 17.0. The highest BCUT2D eigenvalue weighted by atomic mass is 32.2. The highest BCUT2D eigenvalue weighted by Gasteiger charge is 2.30. The third kappa shape index (κ3) is 4.20. The highest BCUT2D eigenvalue weighted by molar-refractivity contribution is 8.18. The largest absolute Gasteiger partial charge is 0.493 e. The minimum atomic E-state index is -1.02. The summed E-state index contributed by atoms with van der Waals surface area (Å²) in [6.45, 7) is 2.44. The summed E-state index contributed by atoms with van der Waals surface area (Å²) in [7, 11) is 1.64. The number of carboxylic acids is 1. The van der Waals surface area contributed by atoms with Gasteiger partial charge in [-0.3, -0.25) is 9.69 Å². The predicted octanol–water partition coefficient (Wildman–Crippen LogP) is 4.02. The first-order valence-electron chi connectivity index (χ1n) is 8.31. The molecule has 0 saturated carbocycles. The van der Waals surface area contributed by atoms with Crippen LogP contribution in [0.5, 0.6) is 5.75 Å². The number of nitrogens with zero attached hydrogens (tertiary/aromatic N) is 2. The van der Waals surface area contributed by atoms with Crippen molar-refractivity contribution in [2.75, 3.05) is 13.7 Å². The van der Waals surface area contributed by atoms with Crippen molar-refractivity contribution < 1.29 is 19.4 Å². The molecule has 7 heteroatoms. The van der Waals surface area contributed by atoms with Gasteiger partial charge in [0, 0.05) is 12.6 Å². The fourth-order valence-corrected chi connectivity index (χ4v) is 3.48. The molecule has 1 aliphatic heterocycles. The fourth-order valence-electron chi connectivity index (χ4n) is 2.50. The van der Waals surface area contributed by atoms with Crippen LogP contribution in [0.1, 0.15) is 22.8 Å². The Morgan fingerprint density at radius 1 is 1.26 bits per heavy atom. The molecular weight excluding hydrogens is 364 g/mol. The van der Waals surface area contributed by atoms with E-state index in [0.717, 1.165) is 5.56 Å². The number of amides is 1. The molecule has 2 aromatic carbocycles. The Kier molecular flexibility index (Phi) is 5.61. The van der Waals surface area contributed by atoms with E-state index in [9.17, 15) is 9.59 Å². The molecule has 6 nitrogen and oxygen atoms in total. The van der Waals surface area contributed by atoms with Crippen molar-refractivity contribution >= 4 is 40.6 Å². The first-order chi connectivity index (χ1) is 13.0. The van der Waals surface area contributed by atoms with Crippen LogP contribution in [-0.4, -0.2) is 40.7 Å². The minimum absolute atomic E-state index is 0.148. The van der Waals surface area contributed by atoms with Crippen LogP contribution in [0.15, 0.2) is 58.4 Å². The molecule has 1 fully saturated rings. The molecule has 1 heterocycles. The van der Waals surface area contributed by atoms with E-state index in [2.05, 4.69) is 4.99 Å². The van der Waals surface area contributed by atoms with E-state index >= 15 is 0 Å². The monoisotopic (exact) mass is 382 g/mol. The second-order valence-electron chi connectivity index (χ2n) is 5.70. The fraction of sp³-hybridized carbons (Fsp3) is 0.150. The number of hydrogen-bond acceptors (Lipinski definition) is 5. The van der Waals surface area contributed by atoms with E-state index in [1.807, 2.05) is 31.2 Å². The van der Waals surface area contributed by atoms with Gasteiger partial charge in [0.1, 0.15) is 5.75 Å². The smallest absolute Gasteiger partial charge is 0.335 e. The maximum absolute atomic E-state index is 12.6. The number of thioether (sulfide) groups is 1. The van der Waals surface area contributed by atoms with Crippen molar-refractivity contribution in [1.82, 2.24) is 4.90 Å². The molecule has 0 spiro atoms. The Morgan fingerprint density at radius 2 is 2.04 bits per heavy atom. The number of carboxylic acid groups (broad SMARTS) is 1. The molecule has 1 N–H and O–H groups in total. The highest BCUT2D eigenvalue weighted by Crippen LogP contribution is 2.34. The van der Waals surface area contributed by atoms with Crippen LogP contribution < -0.4 is 4.74 Å². The van der Waals surface area contributed by atoms with Crippen LogP contribution in [-0.2, 0) is 4.79 Å². The first-order valence-corrected chi connectivity index (χ1v) is 9.12. The number of hydrogen-bond donors (Lipinski definition) is 1. The van der Waals surface area contributed by atoms with Crippen molar-refractivity contribution in [2.45, 2.75) is 6.92 Å². The van der Waals surface area contributed by atoms with Crippen LogP contribution >= 0.6 is 11.8 Å².